The van der Waals surface area contributed by atoms with Crippen LogP contribution in [-0.4, -0.2) is 28.1 Å². The van der Waals surface area contributed by atoms with Gasteiger partial charge in [-0.25, -0.2) is 5.43 Å². The lowest BCUT2D eigenvalue weighted by molar-refractivity contribution is -0.118. The van der Waals surface area contributed by atoms with Gasteiger partial charge in [-0.05, 0) is 11.6 Å². The second kappa shape index (κ2) is 10.8. The van der Waals surface area contributed by atoms with Crippen LogP contribution < -0.4 is 5.43 Å². The van der Waals surface area contributed by atoms with E-state index in [9.17, 15) is 4.79 Å². The van der Waals surface area contributed by atoms with Crippen molar-refractivity contribution in [2.75, 3.05) is 5.75 Å². The Morgan fingerprint density at radius 2 is 1.82 bits per heavy atom. The Balaban J connectivity index is 1.43. The minimum absolute atomic E-state index is 0.193. The number of hydrogen-bond donors (Lipinski definition) is 1. The third-order valence-electron chi connectivity index (χ3n) is 3.29. The summed E-state index contributed by atoms with van der Waals surface area (Å²) < 4.78 is 1.62. The van der Waals surface area contributed by atoms with Crippen molar-refractivity contribution < 1.29 is 4.79 Å². The fourth-order valence-electron chi connectivity index (χ4n) is 1.99. The van der Waals surface area contributed by atoms with E-state index in [1.807, 2.05) is 18.2 Å². The first kappa shape index (κ1) is 21.1. The first-order valence-corrected chi connectivity index (χ1v) is 11.5. The molecular weight excluding hydrogens is 455 g/mol. The van der Waals surface area contributed by atoms with Crippen LogP contribution in [0.5, 0.6) is 0 Å². The lowest BCUT2D eigenvalue weighted by atomic mass is 10.2. The molecule has 2 aromatic carbocycles. The Kier molecular flexibility index (Phi) is 8.17. The van der Waals surface area contributed by atoms with Gasteiger partial charge in [0.1, 0.15) is 0 Å². The number of nitrogens with one attached hydrogen (secondary N) is 1. The summed E-state index contributed by atoms with van der Waals surface area (Å²) in [6.45, 7) is 0. The molecule has 28 heavy (non-hydrogen) atoms. The van der Waals surface area contributed by atoms with E-state index < -0.39 is 0 Å². The molecule has 0 atom stereocenters. The molecule has 0 unspecified atom stereocenters. The molecular formula is C18H14Cl2N4OS3. The molecule has 0 aliphatic carbocycles. The highest BCUT2D eigenvalue weighted by Crippen LogP contribution is 2.30. The largest absolute Gasteiger partial charge is 0.272 e. The molecule has 10 heteroatoms. The fraction of sp³-hybridized carbons (Fsp3) is 0.111. The van der Waals surface area contributed by atoms with Gasteiger partial charge in [0, 0.05) is 11.3 Å². The normalized spacial score (nSPS) is 11.1. The van der Waals surface area contributed by atoms with Crippen LogP contribution in [0.25, 0.3) is 0 Å². The Hall–Kier alpha value is -1.58. The highest BCUT2D eigenvalue weighted by Gasteiger charge is 2.09. The van der Waals surface area contributed by atoms with Gasteiger partial charge in [0.2, 0.25) is 0 Å². The smallest absolute Gasteiger partial charge is 0.250 e. The molecule has 1 heterocycles. The van der Waals surface area contributed by atoms with Crippen molar-refractivity contribution in [3.05, 3.63) is 69.7 Å². The van der Waals surface area contributed by atoms with Crippen molar-refractivity contribution in [2.24, 2.45) is 5.10 Å². The predicted octanol–water partition coefficient (Wildman–Crippen LogP) is 5.38. The van der Waals surface area contributed by atoms with E-state index in [0.717, 1.165) is 14.4 Å². The lowest BCUT2D eigenvalue weighted by Crippen LogP contribution is -2.19. The van der Waals surface area contributed by atoms with Crippen molar-refractivity contribution in [3.63, 3.8) is 0 Å². The third-order valence-corrected chi connectivity index (χ3v) is 7.39. The number of thioether (sulfide) groups is 2. The number of rotatable bonds is 8. The molecule has 1 aromatic heterocycles. The Labute approximate surface area is 184 Å². The monoisotopic (exact) mass is 468 g/mol. The third kappa shape index (κ3) is 6.49. The Bertz CT molecular complexity index is 966. The number of benzene rings is 2. The van der Waals surface area contributed by atoms with Crippen LogP contribution in [-0.2, 0) is 10.5 Å². The average Bonchev–Trinajstić information content (AvgIpc) is 3.17. The van der Waals surface area contributed by atoms with Gasteiger partial charge in [0.15, 0.2) is 8.68 Å². The molecule has 1 amide bonds. The number of nitrogens with zero attached hydrogens (tertiary/aromatic N) is 3. The van der Waals surface area contributed by atoms with E-state index >= 15 is 0 Å². The zero-order valence-corrected chi connectivity index (χ0v) is 18.3. The van der Waals surface area contributed by atoms with E-state index in [2.05, 4.69) is 32.9 Å². The van der Waals surface area contributed by atoms with Gasteiger partial charge in [0.25, 0.3) is 5.91 Å². The van der Waals surface area contributed by atoms with Crippen molar-refractivity contribution in [3.8, 4) is 0 Å². The number of carbonyl (C=O) groups excluding carboxylic acids is 1. The quantitative estimate of drug-likeness (QED) is 0.273. The van der Waals surface area contributed by atoms with E-state index in [0.29, 0.717) is 15.6 Å². The average molecular weight is 469 g/mol. The van der Waals surface area contributed by atoms with Gasteiger partial charge in [-0.15, -0.1) is 10.2 Å². The maximum absolute atomic E-state index is 11.9. The van der Waals surface area contributed by atoms with Crippen LogP contribution in [0.1, 0.15) is 11.1 Å². The zero-order valence-electron chi connectivity index (χ0n) is 14.3. The van der Waals surface area contributed by atoms with Crippen molar-refractivity contribution in [1.82, 2.24) is 15.6 Å². The van der Waals surface area contributed by atoms with Gasteiger partial charge < -0.3 is 0 Å². The minimum Gasteiger partial charge on any atom is -0.272 e. The zero-order chi connectivity index (χ0) is 19.8. The first-order chi connectivity index (χ1) is 13.6. The first-order valence-electron chi connectivity index (χ1n) is 8.01. The van der Waals surface area contributed by atoms with Gasteiger partial charge in [-0.2, -0.15) is 5.10 Å². The molecule has 5 nitrogen and oxygen atoms in total. The van der Waals surface area contributed by atoms with Crippen molar-refractivity contribution in [2.45, 2.75) is 14.4 Å². The Morgan fingerprint density at radius 3 is 2.61 bits per heavy atom. The Morgan fingerprint density at radius 1 is 1.07 bits per heavy atom. The van der Waals surface area contributed by atoms with Gasteiger partial charge in [-0.1, -0.05) is 101 Å². The molecule has 0 saturated heterocycles. The molecule has 0 radical (unpaired) electrons. The van der Waals surface area contributed by atoms with Crippen LogP contribution >= 0.6 is 58.1 Å². The van der Waals surface area contributed by atoms with Crippen LogP contribution in [0.3, 0.4) is 0 Å². The van der Waals surface area contributed by atoms with Crippen LogP contribution in [0.15, 0.2) is 62.3 Å². The number of carbonyl (C=O) groups is 1. The summed E-state index contributed by atoms with van der Waals surface area (Å²) in [5, 5.41) is 13.0. The molecule has 0 saturated carbocycles. The number of amides is 1. The molecule has 144 valence electrons. The topological polar surface area (TPSA) is 67.2 Å². The summed E-state index contributed by atoms with van der Waals surface area (Å²) in [5.41, 5.74) is 4.32. The summed E-state index contributed by atoms with van der Waals surface area (Å²) in [5.74, 6) is 0.785. The molecule has 0 aliphatic rings. The predicted molar refractivity (Wildman–Crippen MR) is 119 cm³/mol. The highest BCUT2D eigenvalue weighted by molar-refractivity contribution is 8.03. The van der Waals surface area contributed by atoms with Gasteiger partial charge in [-0.3, -0.25) is 4.79 Å². The highest BCUT2D eigenvalue weighted by atomic mass is 35.5. The summed E-state index contributed by atoms with van der Waals surface area (Å²) >= 11 is 16.4. The second-order valence-electron chi connectivity index (χ2n) is 5.33. The molecule has 0 bridgehead atoms. The summed E-state index contributed by atoms with van der Waals surface area (Å²) in [6.07, 6.45) is 1.46. The molecule has 3 aromatic rings. The van der Waals surface area contributed by atoms with Crippen molar-refractivity contribution in [1.29, 1.82) is 0 Å². The summed E-state index contributed by atoms with van der Waals surface area (Å²) in [4.78, 5) is 11.9. The standard InChI is InChI=1S/C18H14Cl2N4OS3/c19-14-8-4-7-13(16(14)20)9-21-22-15(25)11-27-18-24-23-17(28-18)26-10-12-5-2-1-3-6-12/h1-9H,10-11H2,(H,22,25). The van der Waals surface area contributed by atoms with E-state index in [-0.39, 0.29) is 11.7 Å². The number of aromatic nitrogens is 2. The van der Waals surface area contributed by atoms with E-state index in [1.54, 1.807) is 30.0 Å². The van der Waals surface area contributed by atoms with E-state index in [4.69, 9.17) is 23.2 Å². The van der Waals surface area contributed by atoms with Crippen LogP contribution in [0.2, 0.25) is 10.0 Å². The van der Waals surface area contributed by atoms with Gasteiger partial charge >= 0.3 is 0 Å². The maximum atomic E-state index is 11.9. The van der Waals surface area contributed by atoms with Crippen molar-refractivity contribution >= 4 is 70.2 Å². The fourth-order valence-corrected chi connectivity index (χ4v) is 5.11. The van der Waals surface area contributed by atoms with Gasteiger partial charge in [0.05, 0.1) is 22.0 Å². The summed E-state index contributed by atoms with van der Waals surface area (Å²) in [6, 6.07) is 15.4. The molecule has 3 rings (SSSR count). The number of hydrazone groups is 1. The van der Waals surface area contributed by atoms with E-state index in [1.165, 1.54) is 34.9 Å². The molecule has 0 spiro atoms. The summed E-state index contributed by atoms with van der Waals surface area (Å²) in [7, 11) is 0. The minimum atomic E-state index is -0.243. The lowest BCUT2D eigenvalue weighted by Gasteiger charge is -2.00. The van der Waals surface area contributed by atoms with Crippen LogP contribution in [0, 0.1) is 0 Å². The number of hydrogen-bond acceptors (Lipinski definition) is 7. The molecule has 1 N–H and O–H groups in total. The van der Waals surface area contributed by atoms with Crippen LogP contribution in [0.4, 0.5) is 0 Å². The molecule has 0 fully saturated rings. The SMILES string of the molecule is O=C(CSc1nnc(SCc2ccccc2)s1)NN=Cc1cccc(Cl)c1Cl. The number of halogens is 2. The molecule has 0 aliphatic heterocycles. The maximum Gasteiger partial charge on any atom is 0.250 e. The second-order valence-corrected chi connectivity index (χ2v) is 9.54.